The van der Waals surface area contributed by atoms with Crippen molar-refractivity contribution < 1.29 is 22.7 Å². The van der Waals surface area contributed by atoms with E-state index < -0.39 is 18.6 Å². The first kappa shape index (κ1) is 15.1. The van der Waals surface area contributed by atoms with Crippen LogP contribution < -0.4 is 0 Å². The fourth-order valence-corrected chi connectivity index (χ4v) is 1.82. The van der Waals surface area contributed by atoms with Crippen LogP contribution >= 0.6 is 0 Å². The molecule has 0 radical (unpaired) electrons. The van der Waals surface area contributed by atoms with E-state index in [4.69, 9.17) is 4.74 Å². The van der Waals surface area contributed by atoms with Gasteiger partial charge in [0.25, 0.3) is 0 Å². The van der Waals surface area contributed by atoms with E-state index in [1.54, 1.807) is 37.3 Å². The van der Waals surface area contributed by atoms with Gasteiger partial charge in [0.2, 0.25) is 0 Å². The van der Waals surface area contributed by atoms with Gasteiger partial charge in [-0.3, -0.25) is 0 Å². The number of benzene rings is 1. The molecule has 1 aromatic carbocycles. The molecule has 4 nitrogen and oxygen atoms in total. The second-order valence-electron chi connectivity index (χ2n) is 4.28. The van der Waals surface area contributed by atoms with Gasteiger partial charge in [-0.05, 0) is 19.1 Å². The number of aromatic nitrogens is 2. The number of esters is 1. The normalized spacial score (nSPS) is 11.4. The monoisotopic (exact) mass is 298 g/mol. The largest absolute Gasteiger partial charge is 0.462 e. The average molecular weight is 298 g/mol. The maximum absolute atomic E-state index is 12.6. The Hall–Kier alpha value is -2.31. The Labute approximate surface area is 119 Å². The van der Waals surface area contributed by atoms with Crippen LogP contribution in [0.4, 0.5) is 13.2 Å². The van der Waals surface area contributed by atoms with Crippen molar-refractivity contribution in [1.29, 1.82) is 0 Å². The summed E-state index contributed by atoms with van der Waals surface area (Å²) in [7, 11) is 0. The SMILES string of the molecule is CCOC(=O)c1cn(-c2ccccc2)nc1CC(F)(F)F. The van der Waals surface area contributed by atoms with Gasteiger partial charge in [-0.15, -0.1) is 0 Å². The van der Waals surface area contributed by atoms with Gasteiger partial charge in [0.05, 0.1) is 24.4 Å². The first-order valence-corrected chi connectivity index (χ1v) is 6.28. The molecule has 0 atom stereocenters. The highest BCUT2D eigenvalue weighted by Gasteiger charge is 2.32. The molecule has 0 N–H and O–H groups in total. The van der Waals surface area contributed by atoms with Crippen LogP contribution in [0, 0.1) is 0 Å². The lowest BCUT2D eigenvalue weighted by atomic mass is 10.2. The number of nitrogens with zero attached hydrogens (tertiary/aromatic N) is 2. The fraction of sp³-hybridized carbons (Fsp3) is 0.286. The molecule has 2 aromatic rings. The fourth-order valence-electron chi connectivity index (χ4n) is 1.82. The number of carbonyl (C=O) groups is 1. The van der Waals surface area contributed by atoms with Crippen LogP contribution in [-0.4, -0.2) is 28.5 Å². The highest BCUT2D eigenvalue weighted by atomic mass is 19.4. The number of rotatable bonds is 4. The number of hydrogen-bond acceptors (Lipinski definition) is 3. The first-order chi connectivity index (χ1) is 9.90. The zero-order valence-electron chi connectivity index (χ0n) is 11.2. The van der Waals surface area contributed by atoms with E-state index in [1.165, 1.54) is 10.9 Å². The molecule has 0 saturated carbocycles. The third-order valence-corrected chi connectivity index (χ3v) is 2.67. The molecule has 2 rings (SSSR count). The van der Waals surface area contributed by atoms with Gasteiger partial charge in [-0.25, -0.2) is 9.48 Å². The van der Waals surface area contributed by atoms with E-state index in [0.29, 0.717) is 5.69 Å². The molecule has 7 heteroatoms. The molecule has 0 bridgehead atoms. The second kappa shape index (κ2) is 5.99. The lowest BCUT2D eigenvalue weighted by Crippen LogP contribution is -2.15. The van der Waals surface area contributed by atoms with Gasteiger partial charge in [0.1, 0.15) is 5.56 Å². The number of ether oxygens (including phenoxy) is 1. The van der Waals surface area contributed by atoms with Crippen molar-refractivity contribution in [3.63, 3.8) is 0 Å². The molecule has 0 unspecified atom stereocenters. The van der Waals surface area contributed by atoms with Crippen molar-refractivity contribution in [2.45, 2.75) is 19.5 Å². The van der Waals surface area contributed by atoms with E-state index in [1.807, 2.05) is 0 Å². The van der Waals surface area contributed by atoms with Crippen LogP contribution in [0.5, 0.6) is 0 Å². The Morgan fingerprint density at radius 1 is 1.29 bits per heavy atom. The summed E-state index contributed by atoms with van der Waals surface area (Å²) >= 11 is 0. The third kappa shape index (κ3) is 3.84. The standard InChI is InChI=1S/C14H13F3N2O2/c1-2-21-13(20)11-9-19(10-6-4-3-5-7-10)18-12(11)8-14(15,16)17/h3-7,9H,2,8H2,1H3. The van der Waals surface area contributed by atoms with Crippen molar-refractivity contribution >= 4 is 5.97 Å². The van der Waals surface area contributed by atoms with Crippen LogP contribution in [0.15, 0.2) is 36.5 Å². The number of alkyl halides is 3. The molecule has 1 heterocycles. The molecule has 1 aromatic heterocycles. The van der Waals surface area contributed by atoms with Crippen molar-refractivity contribution in [2.24, 2.45) is 0 Å². The average Bonchev–Trinajstić information content (AvgIpc) is 2.82. The minimum Gasteiger partial charge on any atom is -0.462 e. The van der Waals surface area contributed by atoms with Crippen LogP contribution in [0.2, 0.25) is 0 Å². The second-order valence-corrected chi connectivity index (χ2v) is 4.28. The molecule has 0 aliphatic heterocycles. The van der Waals surface area contributed by atoms with E-state index in [9.17, 15) is 18.0 Å². The molecule has 0 fully saturated rings. The zero-order chi connectivity index (χ0) is 15.5. The molecule has 0 amide bonds. The number of carbonyl (C=O) groups excluding carboxylic acids is 1. The van der Waals surface area contributed by atoms with Crippen LogP contribution in [-0.2, 0) is 11.2 Å². The Balaban J connectivity index is 2.42. The molecular formula is C14H13F3N2O2. The molecule has 0 aliphatic carbocycles. The van der Waals surface area contributed by atoms with E-state index in [0.717, 1.165) is 0 Å². The third-order valence-electron chi connectivity index (χ3n) is 2.67. The summed E-state index contributed by atoms with van der Waals surface area (Å²) in [4.78, 5) is 11.8. The van der Waals surface area contributed by atoms with Gasteiger partial charge in [-0.1, -0.05) is 18.2 Å². The summed E-state index contributed by atoms with van der Waals surface area (Å²) in [6.45, 7) is 1.67. The molecule has 0 aliphatic rings. The molecule has 112 valence electrons. The topological polar surface area (TPSA) is 44.1 Å². The van der Waals surface area contributed by atoms with Gasteiger partial charge in [0, 0.05) is 6.20 Å². The highest BCUT2D eigenvalue weighted by molar-refractivity contribution is 5.90. The number of halogens is 3. The van der Waals surface area contributed by atoms with E-state index >= 15 is 0 Å². The van der Waals surface area contributed by atoms with Gasteiger partial charge in [0.15, 0.2) is 0 Å². The van der Waals surface area contributed by atoms with Crippen molar-refractivity contribution in [1.82, 2.24) is 9.78 Å². The Morgan fingerprint density at radius 3 is 2.52 bits per heavy atom. The minimum atomic E-state index is -4.45. The minimum absolute atomic E-state index is 0.0841. The summed E-state index contributed by atoms with van der Waals surface area (Å²) in [6.07, 6.45) is -4.47. The number of hydrogen-bond donors (Lipinski definition) is 0. The Kier molecular flexibility index (Phi) is 4.30. The summed E-state index contributed by atoms with van der Waals surface area (Å²) < 4.78 is 43.8. The van der Waals surface area contributed by atoms with Crippen LogP contribution in [0.3, 0.4) is 0 Å². The van der Waals surface area contributed by atoms with Gasteiger partial charge < -0.3 is 4.74 Å². The highest BCUT2D eigenvalue weighted by Crippen LogP contribution is 2.24. The molecule has 21 heavy (non-hydrogen) atoms. The maximum Gasteiger partial charge on any atom is 0.394 e. The number of para-hydroxylation sites is 1. The summed E-state index contributed by atoms with van der Waals surface area (Å²) in [6, 6.07) is 8.59. The predicted molar refractivity (Wildman–Crippen MR) is 69.3 cm³/mol. The quantitative estimate of drug-likeness (QED) is 0.814. The van der Waals surface area contributed by atoms with Crippen molar-refractivity contribution in [3.8, 4) is 5.69 Å². The molecular weight excluding hydrogens is 285 g/mol. The summed E-state index contributed by atoms with van der Waals surface area (Å²) in [5.41, 5.74) is 0.0549. The van der Waals surface area contributed by atoms with Crippen LogP contribution in [0.1, 0.15) is 23.0 Å². The van der Waals surface area contributed by atoms with Crippen molar-refractivity contribution in [3.05, 3.63) is 47.8 Å². The van der Waals surface area contributed by atoms with Crippen LogP contribution in [0.25, 0.3) is 5.69 Å². The first-order valence-electron chi connectivity index (χ1n) is 6.28. The van der Waals surface area contributed by atoms with Gasteiger partial charge in [-0.2, -0.15) is 18.3 Å². The predicted octanol–water partition coefficient (Wildman–Crippen LogP) is 3.15. The summed E-state index contributed by atoms with van der Waals surface area (Å²) in [5.74, 6) is -0.807. The molecule has 0 saturated heterocycles. The lowest BCUT2D eigenvalue weighted by Gasteiger charge is -2.05. The van der Waals surface area contributed by atoms with Gasteiger partial charge >= 0.3 is 12.1 Å². The summed E-state index contributed by atoms with van der Waals surface area (Å²) in [5, 5.41) is 3.86. The van der Waals surface area contributed by atoms with E-state index in [-0.39, 0.29) is 17.9 Å². The Bertz CT molecular complexity index is 621. The zero-order valence-corrected chi connectivity index (χ0v) is 11.2. The van der Waals surface area contributed by atoms with E-state index in [2.05, 4.69) is 5.10 Å². The maximum atomic E-state index is 12.6. The molecule has 0 spiro atoms. The van der Waals surface area contributed by atoms with Crippen molar-refractivity contribution in [2.75, 3.05) is 6.61 Å². The Morgan fingerprint density at radius 2 is 1.95 bits per heavy atom. The lowest BCUT2D eigenvalue weighted by molar-refractivity contribution is -0.127. The smallest absolute Gasteiger partial charge is 0.394 e.